The van der Waals surface area contributed by atoms with Gasteiger partial charge in [0.05, 0.1) is 5.70 Å². The van der Waals surface area contributed by atoms with Crippen molar-refractivity contribution in [1.29, 1.82) is 0 Å². The van der Waals surface area contributed by atoms with Crippen LogP contribution in [0.2, 0.25) is 0 Å². The van der Waals surface area contributed by atoms with Crippen molar-refractivity contribution in [3.8, 4) is 0 Å². The van der Waals surface area contributed by atoms with E-state index in [-0.39, 0.29) is 5.82 Å². The number of rotatable bonds is 5. The van der Waals surface area contributed by atoms with Crippen LogP contribution in [-0.4, -0.2) is 5.71 Å². The predicted octanol–water partition coefficient (Wildman–Crippen LogP) is 5.07. The van der Waals surface area contributed by atoms with Gasteiger partial charge in [0.15, 0.2) is 0 Å². The lowest BCUT2D eigenvalue weighted by Crippen LogP contribution is -1.99. The molecule has 0 atom stereocenters. The Balaban J connectivity index is 2.31. The van der Waals surface area contributed by atoms with Gasteiger partial charge in [0, 0.05) is 5.71 Å². The maximum Gasteiger partial charge on any atom is 0.127 e. The van der Waals surface area contributed by atoms with Crippen molar-refractivity contribution in [2.24, 2.45) is 10.9 Å². The molecule has 2 heteroatoms. The van der Waals surface area contributed by atoms with Crippen molar-refractivity contribution < 1.29 is 4.39 Å². The van der Waals surface area contributed by atoms with Crippen molar-refractivity contribution in [3.63, 3.8) is 0 Å². The van der Waals surface area contributed by atoms with Crippen molar-refractivity contribution in [3.05, 3.63) is 59.1 Å². The van der Waals surface area contributed by atoms with Crippen LogP contribution in [-0.2, 0) is 6.42 Å². The Kier molecular flexibility index (Phi) is 4.53. The Labute approximate surface area is 120 Å². The summed E-state index contributed by atoms with van der Waals surface area (Å²) in [4.78, 5) is 4.63. The molecular formula is C18H22FN. The van der Waals surface area contributed by atoms with Gasteiger partial charge in [-0.25, -0.2) is 4.39 Å². The molecule has 0 aliphatic heterocycles. The summed E-state index contributed by atoms with van der Waals surface area (Å²) >= 11 is 0. The third-order valence-electron chi connectivity index (χ3n) is 3.93. The molecule has 0 saturated heterocycles. The number of allylic oxidation sites excluding steroid dienone is 2. The summed E-state index contributed by atoms with van der Waals surface area (Å²) in [5.41, 5.74) is 4.65. The van der Waals surface area contributed by atoms with E-state index >= 15 is 0 Å². The fraction of sp³-hybridized carbons (Fsp3) is 0.389. The number of halogens is 1. The molecule has 2 rings (SSSR count). The molecule has 1 saturated carbocycles. The molecular weight excluding hydrogens is 249 g/mol. The Bertz CT molecular complexity index is 577. The molecule has 0 N–H and O–H groups in total. The maximum absolute atomic E-state index is 13.8. The van der Waals surface area contributed by atoms with E-state index < -0.39 is 0 Å². The summed E-state index contributed by atoms with van der Waals surface area (Å²) < 4.78 is 13.8. The molecule has 1 aromatic rings. The van der Waals surface area contributed by atoms with E-state index in [1.807, 2.05) is 26.0 Å². The van der Waals surface area contributed by atoms with Crippen molar-refractivity contribution >= 4 is 5.71 Å². The molecule has 1 aromatic carbocycles. The Morgan fingerprint density at radius 3 is 2.60 bits per heavy atom. The zero-order chi connectivity index (χ0) is 14.7. The number of hydrogen-bond acceptors (Lipinski definition) is 1. The van der Waals surface area contributed by atoms with Gasteiger partial charge in [0.1, 0.15) is 5.82 Å². The van der Waals surface area contributed by atoms with Gasteiger partial charge in [0.2, 0.25) is 0 Å². The highest BCUT2D eigenvalue weighted by Crippen LogP contribution is 2.38. The Morgan fingerprint density at radius 2 is 2.10 bits per heavy atom. The average Bonchev–Trinajstić information content (AvgIpc) is 3.28. The molecule has 20 heavy (non-hydrogen) atoms. The van der Waals surface area contributed by atoms with Crippen LogP contribution in [0, 0.1) is 11.7 Å². The standard InChI is InChI=1S/C18H22FN/c1-5-14-7-10-16(11-17(14)19)13(4)20-18(6-2)12(3)15-8-9-15/h6-7,10-11,15H,2,5,8-9H2,1,3-4H3/b18-12+,20-13?. The molecule has 0 heterocycles. The zero-order valence-electron chi connectivity index (χ0n) is 12.5. The van der Waals surface area contributed by atoms with Gasteiger partial charge in [0.25, 0.3) is 0 Å². The van der Waals surface area contributed by atoms with Crippen molar-refractivity contribution in [2.45, 2.75) is 40.0 Å². The Hall–Kier alpha value is -1.70. The molecule has 0 unspecified atom stereocenters. The molecule has 0 spiro atoms. The first-order valence-electron chi connectivity index (χ1n) is 7.24. The highest BCUT2D eigenvalue weighted by atomic mass is 19.1. The van der Waals surface area contributed by atoms with E-state index in [0.29, 0.717) is 12.3 Å². The van der Waals surface area contributed by atoms with Crippen molar-refractivity contribution in [1.82, 2.24) is 0 Å². The normalized spacial score (nSPS) is 16.9. The second kappa shape index (κ2) is 6.17. The van der Waals surface area contributed by atoms with E-state index in [0.717, 1.165) is 22.5 Å². The van der Waals surface area contributed by atoms with Gasteiger partial charge in [-0.2, -0.15) is 0 Å². The van der Waals surface area contributed by atoms with E-state index in [4.69, 9.17) is 0 Å². The number of nitrogens with zero attached hydrogens (tertiary/aromatic N) is 1. The third kappa shape index (κ3) is 3.24. The second-order valence-corrected chi connectivity index (χ2v) is 5.40. The summed E-state index contributed by atoms with van der Waals surface area (Å²) in [6, 6.07) is 5.35. The fourth-order valence-electron chi connectivity index (χ4n) is 2.32. The number of aryl methyl sites for hydroxylation is 1. The van der Waals surface area contributed by atoms with Gasteiger partial charge in [-0.1, -0.05) is 25.6 Å². The summed E-state index contributed by atoms with van der Waals surface area (Å²) in [6.07, 6.45) is 5.00. The van der Waals surface area contributed by atoms with E-state index in [2.05, 4.69) is 18.5 Å². The molecule has 0 radical (unpaired) electrons. The molecule has 1 nitrogen and oxygen atoms in total. The lowest BCUT2D eigenvalue weighted by molar-refractivity contribution is 0.612. The minimum atomic E-state index is -0.150. The molecule has 1 aliphatic rings. The fourth-order valence-corrected chi connectivity index (χ4v) is 2.32. The lowest BCUT2D eigenvalue weighted by atomic mass is 10.1. The van der Waals surface area contributed by atoms with Crippen LogP contribution in [0.1, 0.15) is 44.7 Å². The highest BCUT2D eigenvalue weighted by molar-refractivity contribution is 5.99. The molecule has 106 valence electrons. The van der Waals surface area contributed by atoms with E-state index in [1.54, 1.807) is 12.1 Å². The first-order valence-corrected chi connectivity index (χ1v) is 7.24. The zero-order valence-corrected chi connectivity index (χ0v) is 12.5. The summed E-state index contributed by atoms with van der Waals surface area (Å²) in [6.45, 7) is 9.84. The van der Waals surface area contributed by atoms with Gasteiger partial charge in [-0.05, 0) is 67.9 Å². The second-order valence-electron chi connectivity index (χ2n) is 5.40. The quantitative estimate of drug-likeness (QED) is 0.524. The largest absolute Gasteiger partial charge is 0.253 e. The van der Waals surface area contributed by atoms with Crippen LogP contribution < -0.4 is 0 Å². The van der Waals surface area contributed by atoms with Crippen LogP contribution in [0.4, 0.5) is 4.39 Å². The number of aliphatic imine (C=N–C) groups is 1. The smallest absolute Gasteiger partial charge is 0.127 e. The highest BCUT2D eigenvalue weighted by Gasteiger charge is 2.24. The predicted molar refractivity (Wildman–Crippen MR) is 83.6 cm³/mol. The maximum atomic E-state index is 13.8. The average molecular weight is 271 g/mol. The van der Waals surface area contributed by atoms with Crippen LogP contribution in [0.3, 0.4) is 0 Å². The van der Waals surface area contributed by atoms with Crippen LogP contribution >= 0.6 is 0 Å². The van der Waals surface area contributed by atoms with Crippen LogP contribution in [0.15, 0.2) is 47.1 Å². The van der Waals surface area contributed by atoms with Gasteiger partial charge >= 0.3 is 0 Å². The van der Waals surface area contributed by atoms with Gasteiger partial charge in [-0.15, -0.1) is 0 Å². The topological polar surface area (TPSA) is 12.4 Å². The van der Waals surface area contributed by atoms with Crippen LogP contribution in [0.5, 0.6) is 0 Å². The number of hydrogen-bond donors (Lipinski definition) is 0. The summed E-state index contributed by atoms with van der Waals surface area (Å²) in [5.74, 6) is 0.515. The minimum absolute atomic E-state index is 0.150. The van der Waals surface area contributed by atoms with Crippen molar-refractivity contribution in [2.75, 3.05) is 0 Å². The lowest BCUT2D eigenvalue weighted by Gasteiger charge is -2.07. The third-order valence-corrected chi connectivity index (χ3v) is 3.93. The molecule has 0 aromatic heterocycles. The summed E-state index contributed by atoms with van der Waals surface area (Å²) in [7, 11) is 0. The molecule has 0 amide bonds. The first-order chi connectivity index (χ1) is 9.56. The molecule has 1 fully saturated rings. The van der Waals surface area contributed by atoms with E-state index in [1.165, 1.54) is 18.4 Å². The van der Waals surface area contributed by atoms with Crippen LogP contribution in [0.25, 0.3) is 0 Å². The SMILES string of the molecule is C=C/C(N=C(C)c1ccc(CC)c(F)c1)=C(/C)C1CC1. The Morgan fingerprint density at radius 1 is 1.40 bits per heavy atom. The number of benzene rings is 1. The van der Waals surface area contributed by atoms with Gasteiger partial charge < -0.3 is 0 Å². The molecule has 0 bridgehead atoms. The monoisotopic (exact) mass is 271 g/mol. The van der Waals surface area contributed by atoms with E-state index in [9.17, 15) is 4.39 Å². The minimum Gasteiger partial charge on any atom is -0.253 e. The summed E-state index contributed by atoms with van der Waals surface area (Å²) in [5, 5.41) is 0. The van der Waals surface area contributed by atoms with Gasteiger partial charge in [-0.3, -0.25) is 4.99 Å². The molecule has 1 aliphatic carbocycles. The first kappa shape index (κ1) is 14.7.